The summed E-state index contributed by atoms with van der Waals surface area (Å²) in [5.41, 5.74) is 8.21. The lowest BCUT2D eigenvalue weighted by atomic mass is 9.98. The van der Waals surface area contributed by atoms with Crippen LogP contribution >= 0.6 is 0 Å². The minimum Gasteiger partial charge on any atom is -0.497 e. The molecule has 1 unspecified atom stereocenters. The maximum Gasteiger partial charge on any atom is 0.119 e. The summed E-state index contributed by atoms with van der Waals surface area (Å²) in [7, 11) is 3.44. The summed E-state index contributed by atoms with van der Waals surface area (Å²) < 4.78 is 10.6. The maximum atomic E-state index is 5.57. The predicted molar refractivity (Wildman–Crippen MR) is 70.5 cm³/mol. The van der Waals surface area contributed by atoms with Crippen LogP contribution in [0.2, 0.25) is 0 Å². The molecule has 0 aliphatic heterocycles. The van der Waals surface area contributed by atoms with Gasteiger partial charge < -0.3 is 15.2 Å². The van der Waals surface area contributed by atoms with Crippen molar-refractivity contribution in [2.24, 2.45) is 5.73 Å². The second kappa shape index (κ2) is 7.30. The fourth-order valence-corrected chi connectivity index (χ4v) is 1.85. The molecule has 0 aliphatic rings. The van der Waals surface area contributed by atoms with Crippen LogP contribution in [0.15, 0.2) is 18.2 Å². The Morgan fingerprint density at radius 3 is 2.59 bits per heavy atom. The van der Waals surface area contributed by atoms with E-state index >= 15 is 0 Å². The van der Waals surface area contributed by atoms with Crippen molar-refractivity contribution in [3.8, 4) is 5.75 Å². The van der Waals surface area contributed by atoms with E-state index in [2.05, 4.69) is 19.1 Å². The van der Waals surface area contributed by atoms with Crippen molar-refractivity contribution in [3.63, 3.8) is 0 Å². The summed E-state index contributed by atoms with van der Waals surface area (Å²) >= 11 is 0. The molecule has 1 rings (SSSR count). The molecule has 1 atom stereocenters. The van der Waals surface area contributed by atoms with Gasteiger partial charge in [0.25, 0.3) is 0 Å². The van der Waals surface area contributed by atoms with E-state index in [1.54, 1.807) is 14.2 Å². The molecule has 0 amide bonds. The van der Waals surface area contributed by atoms with E-state index in [1.807, 2.05) is 6.07 Å². The standard InChI is InChI=1S/C14H23NO2/c1-11(16-2)9-13-6-7-14(17-3)10-12(13)5-4-8-15/h6-7,10-11H,4-5,8-9,15H2,1-3H3. The Balaban J connectivity index is 2.85. The highest BCUT2D eigenvalue weighted by Gasteiger charge is 2.08. The number of hydrogen-bond donors (Lipinski definition) is 1. The summed E-state index contributed by atoms with van der Waals surface area (Å²) in [5.74, 6) is 0.908. The van der Waals surface area contributed by atoms with Crippen LogP contribution in [-0.4, -0.2) is 26.9 Å². The van der Waals surface area contributed by atoms with Gasteiger partial charge in [-0.2, -0.15) is 0 Å². The molecule has 0 saturated carbocycles. The number of ether oxygens (including phenoxy) is 2. The van der Waals surface area contributed by atoms with Crippen LogP contribution in [0.1, 0.15) is 24.5 Å². The van der Waals surface area contributed by atoms with Crippen molar-refractivity contribution in [2.75, 3.05) is 20.8 Å². The lowest BCUT2D eigenvalue weighted by Gasteiger charge is -2.14. The molecule has 96 valence electrons. The number of methoxy groups -OCH3 is 2. The highest BCUT2D eigenvalue weighted by molar-refractivity contribution is 5.36. The number of benzene rings is 1. The van der Waals surface area contributed by atoms with Gasteiger partial charge in [-0.3, -0.25) is 0 Å². The second-order valence-electron chi connectivity index (χ2n) is 4.28. The number of rotatable bonds is 7. The van der Waals surface area contributed by atoms with Gasteiger partial charge in [-0.1, -0.05) is 6.07 Å². The fraction of sp³-hybridized carbons (Fsp3) is 0.571. The van der Waals surface area contributed by atoms with Gasteiger partial charge in [0.1, 0.15) is 5.75 Å². The monoisotopic (exact) mass is 237 g/mol. The molecular formula is C14H23NO2. The second-order valence-corrected chi connectivity index (χ2v) is 4.28. The van der Waals surface area contributed by atoms with Gasteiger partial charge in [-0.25, -0.2) is 0 Å². The zero-order chi connectivity index (χ0) is 12.7. The van der Waals surface area contributed by atoms with E-state index in [1.165, 1.54) is 11.1 Å². The highest BCUT2D eigenvalue weighted by atomic mass is 16.5. The number of hydrogen-bond acceptors (Lipinski definition) is 3. The first-order valence-electron chi connectivity index (χ1n) is 6.10. The molecule has 0 radical (unpaired) electrons. The van der Waals surface area contributed by atoms with E-state index in [0.717, 1.165) is 31.6 Å². The Labute approximate surface area is 104 Å². The Morgan fingerprint density at radius 1 is 1.24 bits per heavy atom. The SMILES string of the molecule is COc1ccc(CC(C)OC)c(CCCN)c1. The largest absolute Gasteiger partial charge is 0.497 e. The van der Waals surface area contributed by atoms with Crippen molar-refractivity contribution < 1.29 is 9.47 Å². The van der Waals surface area contributed by atoms with Gasteiger partial charge in [-0.05, 0) is 56.0 Å². The molecule has 0 saturated heterocycles. The van der Waals surface area contributed by atoms with Gasteiger partial charge in [0.15, 0.2) is 0 Å². The molecule has 17 heavy (non-hydrogen) atoms. The lowest BCUT2D eigenvalue weighted by molar-refractivity contribution is 0.118. The summed E-state index contributed by atoms with van der Waals surface area (Å²) in [5, 5.41) is 0. The first-order valence-corrected chi connectivity index (χ1v) is 6.10. The average molecular weight is 237 g/mol. The molecule has 0 heterocycles. The molecular weight excluding hydrogens is 214 g/mol. The zero-order valence-corrected chi connectivity index (χ0v) is 11.0. The van der Waals surface area contributed by atoms with Gasteiger partial charge >= 0.3 is 0 Å². The predicted octanol–water partition coefficient (Wildman–Crippen LogP) is 2.16. The lowest BCUT2D eigenvalue weighted by Crippen LogP contribution is -2.11. The van der Waals surface area contributed by atoms with Gasteiger partial charge in [-0.15, -0.1) is 0 Å². The third kappa shape index (κ3) is 4.36. The van der Waals surface area contributed by atoms with E-state index in [9.17, 15) is 0 Å². The van der Waals surface area contributed by atoms with Crippen LogP contribution in [0.5, 0.6) is 5.75 Å². The van der Waals surface area contributed by atoms with Crippen molar-refractivity contribution in [1.29, 1.82) is 0 Å². The molecule has 1 aromatic rings. The third-order valence-corrected chi connectivity index (χ3v) is 2.97. The molecule has 0 spiro atoms. The van der Waals surface area contributed by atoms with Crippen LogP contribution in [0.25, 0.3) is 0 Å². The summed E-state index contributed by atoms with van der Waals surface area (Å²) in [6.45, 7) is 2.80. The topological polar surface area (TPSA) is 44.5 Å². The molecule has 0 aliphatic carbocycles. The number of nitrogens with two attached hydrogens (primary N) is 1. The van der Waals surface area contributed by atoms with Crippen LogP contribution in [0.3, 0.4) is 0 Å². The van der Waals surface area contributed by atoms with Crippen molar-refractivity contribution in [1.82, 2.24) is 0 Å². The average Bonchev–Trinajstić information content (AvgIpc) is 2.37. The molecule has 0 aromatic heterocycles. The smallest absolute Gasteiger partial charge is 0.119 e. The van der Waals surface area contributed by atoms with Gasteiger partial charge in [0.2, 0.25) is 0 Å². The Morgan fingerprint density at radius 2 is 2.00 bits per heavy atom. The van der Waals surface area contributed by atoms with E-state index in [-0.39, 0.29) is 6.10 Å². The van der Waals surface area contributed by atoms with Crippen LogP contribution in [0, 0.1) is 0 Å². The fourth-order valence-electron chi connectivity index (χ4n) is 1.85. The molecule has 3 heteroatoms. The summed E-state index contributed by atoms with van der Waals surface area (Å²) in [4.78, 5) is 0. The molecule has 1 aromatic carbocycles. The number of aryl methyl sites for hydroxylation is 1. The van der Waals surface area contributed by atoms with Crippen molar-refractivity contribution in [2.45, 2.75) is 32.3 Å². The van der Waals surface area contributed by atoms with Crippen LogP contribution in [-0.2, 0) is 17.6 Å². The molecule has 2 N–H and O–H groups in total. The maximum absolute atomic E-state index is 5.57. The Kier molecular flexibility index (Phi) is 6.01. The van der Waals surface area contributed by atoms with Crippen molar-refractivity contribution >= 4 is 0 Å². The molecule has 0 bridgehead atoms. The van der Waals surface area contributed by atoms with Gasteiger partial charge in [0.05, 0.1) is 13.2 Å². The third-order valence-electron chi connectivity index (χ3n) is 2.97. The first kappa shape index (κ1) is 14.0. The quantitative estimate of drug-likeness (QED) is 0.790. The van der Waals surface area contributed by atoms with E-state index in [0.29, 0.717) is 0 Å². The minimum atomic E-state index is 0.236. The summed E-state index contributed by atoms with van der Waals surface area (Å²) in [6.07, 6.45) is 3.17. The van der Waals surface area contributed by atoms with Crippen LogP contribution in [0.4, 0.5) is 0 Å². The van der Waals surface area contributed by atoms with Gasteiger partial charge in [0, 0.05) is 7.11 Å². The van der Waals surface area contributed by atoms with Crippen molar-refractivity contribution in [3.05, 3.63) is 29.3 Å². The Bertz CT molecular complexity index is 339. The summed E-state index contributed by atoms with van der Waals surface area (Å²) in [6, 6.07) is 6.23. The highest BCUT2D eigenvalue weighted by Crippen LogP contribution is 2.20. The van der Waals surface area contributed by atoms with Crippen LogP contribution < -0.4 is 10.5 Å². The van der Waals surface area contributed by atoms with E-state index in [4.69, 9.17) is 15.2 Å². The molecule has 3 nitrogen and oxygen atoms in total. The Hall–Kier alpha value is -1.06. The minimum absolute atomic E-state index is 0.236. The van der Waals surface area contributed by atoms with E-state index < -0.39 is 0 Å². The normalized spacial score (nSPS) is 12.5. The zero-order valence-electron chi connectivity index (χ0n) is 11.0. The first-order chi connectivity index (χ1) is 8.21. The molecule has 0 fully saturated rings.